The molecule has 0 amide bonds. The van der Waals surface area contributed by atoms with Crippen LogP contribution in [0.15, 0.2) is 45.1 Å². The molecule has 4 nitrogen and oxygen atoms in total. The van der Waals surface area contributed by atoms with Gasteiger partial charge in [0.05, 0.1) is 0 Å². The zero-order valence-electron chi connectivity index (χ0n) is 11.9. The third kappa shape index (κ3) is 2.88. The second-order valence-electron chi connectivity index (χ2n) is 4.92. The Bertz CT molecular complexity index is 965. The minimum Gasteiger partial charge on any atom is -0.263 e. The van der Waals surface area contributed by atoms with Crippen LogP contribution in [0.3, 0.4) is 0 Å². The highest BCUT2D eigenvalue weighted by Crippen LogP contribution is 2.36. The van der Waals surface area contributed by atoms with E-state index in [2.05, 4.69) is 25.6 Å². The van der Waals surface area contributed by atoms with Crippen LogP contribution >= 0.6 is 27.3 Å². The molecule has 2 aromatic heterocycles. The van der Waals surface area contributed by atoms with Crippen LogP contribution in [0.5, 0.6) is 0 Å². The van der Waals surface area contributed by atoms with Crippen molar-refractivity contribution >= 4 is 53.2 Å². The van der Waals surface area contributed by atoms with Crippen molar-refractivity contribution in [2.75, 3.05) is 4.72 Å². The van der Waals surface area contributed by atoms with Gasteiger partial charge < -0.3 is 0 Å². The number of hydrogen-bond acceptors (Lipinski definition) is 4. The summed E-state index contributed by atoms with van der Waals surface area (Å²) in [6, 6.07) is 11.0. The molecule has 0 aliphatic carbocycles. The number of nitrogens with one attached hydrogen (secondary N) is 1. The van der Waals surface area contributed by atoms with Gasteiger partial charge in [0, 0.05) is 14.9 Å². The molecule has 1 aromatic carbocycles. The molecule has 0 bridgehead atoms. The maximum absolute atomic E-state index is 12.6. The number of anilines is 1. The summed E-state index contributed by atoms with van der Waals surface area (Å²) in [5.74, 6) is 0.332. The molecular formula is C15H13BrN2O2S2. The summed E-state index contributed by atoms with van der Waals surface area (Å²) >= 11 is 4.68. The number of benzene rings is 1. The normalized spacial score (nSPS) is 11.8. The lowest BCUT2D eigenvalue weighted by Gasteiger charge is -2.07. The van der Waals surface area contributed by atoms with Crippen LogP contribution in [-0.4, -0.2) is 13.4 Å². The first-order valence-electron chi connectivity index (χ1n) is 6.52. The van der Waals surface area contributed by atoms with Crippen molar-refractivity contribution in [3.8, 4) is 0 Å². The topological polar surface area (TPSA) is 59.1 Å². The molecule has 0 saturated heterocycles. The second kappa shape index (κ2) is 5.64. The van der Waals surface area contributed by atoms with Gasteiger partial charge in [0.2, 0.25) is 0 Å². The van der Waals surface area contributed by atoms with E-state index in [1.165, 1.54) is 11.3 Å². The van der Waals surface area contributed by atoms with E-state index in [1.807, 2.05) is 38.1 Å². The van der Waals surface area contributed by atoms with Crippen LogP contribution in [0, 0.1) is 13.8 Å². The molecular weight excluding hydrogens is 384 g/mol. The third-order valence-electron chi connectivity index (χ3n) is 3.23. The first-order chi connectivity index (χ1) is 10.4. The number of fused-ring (bicyclic) bond motifs is 1. The first kappa shape index (κ1) is 15.5. The van der Waals surface area contributed by atoms with Gasteiger partial charge in [0.1, 0.15) is 10.0 Å². The lowest BCUT2D eigenvalue weighted by Crippen LogP contribution is -2.13. The lowest BCUT2D eigenvalue weighted by atomic mass is 10.2. The summed E-state index contributed by atoms with van der Waals surface area (Å²) < 4.78 is 30.0. The molecule has 0 aliphatic rings. The van der Waals surface area contributed by atoms with Crippen molar-refractivity contribution in [3.63, 3.8) is 0 Å². The van der Waals surface area contributed by atoms with Crippen molar-refractivity contribution < 1.29 is 8.42 Å². The molecule has 7 heteroatoms. The van der Waals surface area contributed by atoms with Gasteiger partial charge in [-0.1, -0.05) is 22.0 Å². The van der Waals surface area contributed by atoms with E-state index >= 15 is 0 Å². The number of aryl methyl sites for hydroxylation is 2. The van der Waals surface area contributed by atoms with Crippen molar-refractivity contribution in [3.05, 3.63) is 52.1 Å². The van der Waals surface area contributed by atoms with Gasteiger partial charge >= 0.3 is 0 Å². The maximum atomic E-state index is 12.6. The summed E-state index contributed by atoms with van der Waals surface area (Å²) in [7, 11) is -3.64. The quantitative estimate of drug-likeness (QED) is 0.709. The SMILES string of the molecule is Cc1cccc(NS(=O)(=O)c2sc3ccc(Br)cc3c2C)n1. The van der Waals surface area contributed by atoms with E-state index in [9.17, 15) is 8.42 Å². The molecule has 0 aliphatic heterocycles. The number of hydrogen-bond donors (Lipinski definition) is 1. The highest BCUT2D eigenvalue weighted by molar-refractivity contribution is 9.10. The van der Waals surface area contributed by atoms with E-state index in [4.69, 9.17) is 0 Å². The summed E-state index contributed by atoms with van der Waals surface area (Å²) in [5.41, 5.74) is 1.51. The summed E-state index contributed by atoms with van der Waals surface area (Å²) in [6.45, 7) is 3.64. The molecule has 1 N–H and O–H groups in total. The van der Waals surface area contributed by atoms with Crippen LogP contribution in [-0.2, 0) is 10.0 Å². The fourth-order valence-electron chi connectivity index (χ4n) is 2.21. The van der Waals surface area contributed by atoms with Gasteiger partial charge in [-0.25, -0.2) is 13.4 Å². The van der Waals surface area contributed by atoms with Crippen LogP contribution in [0.4, 0.5) is 5.82 Å². The largest absolute Gasteiger partial charge is 0.272 e. The van der Waals surface area contributed by atoms with Gasteiger partial charge in [-0.05, 0) is 55.1 Å². The van der Waals surface area contributed by atoms with E-state index in [0.717, 1.165) is 25.8 Å². The third-order valence-corrected chi connectivity index (χ3v) is 6.97. The summed E-state index contributed by atoms with van der Waals surface area (Å²) in [6.07, 6.45) is 0. The van der Waals surface area contributed by atoms with E-state index in [1.54, 1.807) is 12.1 Å². The van der Waals surface area contributed by atoms with E-state index in [0.29, 0.717) is 10.0 Å². The highest BCUT2D eigenvalue weighted by Gasteiger charge is 2.22. The molecule has 0 atom stereocenters. The Morgan fingerprint density at radius 1 is 1.18 bits per heavy atom. The number of rotatable bonds is 3. The number of pyridine rings is 1. The second-order valence-corrected chi connectivity index (χ2v) is 8.77. The standard InChI is InChI=1S/C15H13BrN2O2S2/c1-9-4-3-5-14(17-9)18-22(19,20)15-10(2)12-8-11(16)6-7-13(12)21-15/h3-8H,1-2H3,(H,17,18). The maximum Gasteiger partial charge on any atom is 0.272 e. The zero-order chi connectivity index (χ0) is 15.9. The molecule has 0 unspecified atom stereocenters. The average molecular weight is 397 g/mol. The van der Waals surface area contributed by atoms with Crippen molar-refractivity contribution in [1.29, 1.82) is 0 Å². The Labute approximate surface area is 141 Å². The molecule has 0 fully saturated rings. The van der Waals surface area contributed by atoms with Crippen molar-refractivity contribution in [1.82, 2.24) is 4.98 Å². The Kier molecular flexibility index (Phi) is 3.96. The Morgan fingerprint density at radius 3 is 2.68 bits per heavy atom. The minimum absolute atomic E-state index is 0.323. The van der Waals surface area contributed by atoms with Crippen molar-refractivity contribution in [2.45, 2.75) is 18.1 Å². The van der Waals surface area contributed by atoms with Crippen LogP contribution in [0.1, 0.15) is 11.3 Å². The smallest absolute Gasteiger partial charge is 0.263 e. The number of thiophene rings is 1. The summed E-state index contributed by atoms with van der Waals surface area (Å²) in [5, 5.41) is 0.942. The molecule has 0 radical (unpaired) electrons. The van der Waals surface area contributed by atoms with E-state index < -0.39 is 10.0 Å². The molecule has 0 spiro atoms. The average Bonchev–Trinajstić information content (AvgIpc) is 2.76. The van der Waals surface area contributed by atoms with Gasteiger partial charge in [0.15, 0.2) is 0 Å². The fourth-order valence-corrected chi connectivity index (χ4v) is 5.32. The molecule has 3 aromatic rings. The molecule has 3 rings (SSSR count). The van der Waals surface area contributed by atoms with Gasteiger partial charge in [0.25, 0.3) is 10.0 Å². The Hall–Kier alpha value is -1.44. The molecule has 22 heavy (non-hydrogen) atoms. The molecule has 114 valence electrons. The zero-order valence-corrected chi connectivity index (χ0v) is 15.1. The van der Waals surface area contributed by atoms with Gasteiger partial charge in [-0.3, -0.25) is 4.72 Å². The Balaban J connectivity index is 2.07. The first-order valence-corrected chi connectivity index (χ1v) is 9.61. The highest BCUT2D eigenvalue weighted by atomic mass is 79.9. The van der Waals surface area contributed by atoms with Gasteiger partial charge in [-0.15, -0.1) is 11.3 Å². The minimum atomic E-state index is -3.64. The predicted molar refractivity (Wildman–Crippen MR) is 94.0 cm³/mol. The number of sulfonamides is 1. The number of aromatic nitrogens is 1. The lowest BCUT2D eigenvalue weighted by molar-refractivity contribution is 0.602. The van der Waals surface area contributed by atoms with Crippen LogP contribution in [0.25, 0.3) is 10.1 Å². The number of halogens is 1. The van der Waals surface area contributed by atoms with Crippen LogP contribution < -0.4 is 4.72 Å². The molecule has 2 heterocycles. The van der Waals surface area contributed by atoms with E-state index in [-0.39, 0.29) is 0 Å². The molecule has 0 saturated carbocycles. The van der Waals surface area contributed by atoms with Crippen LogP contribution in [0.2, 0.25) is 0 Å². The van der Waals surface area contributed by atoms with Crippen molar-refractivity contribution in [2.24, 2.45) is 0 Å². The predicted octanol–water partition coefficient (Wildman–Crippen LogP) is 4.48. The summed E-state index contributed by atoms with van der Waals surface area (Å²) in [4.78, 5) is 4.19. The van der Waals surface area contributed by atoms with Gasteiger partial charge in [-0.2, -0.15) is 0 Å². The Morgan fingerprint density at radius 2 is 1.95 bits per heavy atom. The fraction of sp³-hybridized carbons (Fsp3) is 0.133. The number of nitrogens with zero attached hydrogens (tertiary/aromatic N) is 1. The monoisotopic (exact) mass is 396 g/mol.